The number of piperidine rings is 1. The van der Waals surface area contributed by atoms with Gasteiger partial charge in [0.25, 0.3) is 0 Å². The van der Waals surface area contributed by atoms with Crippen LogP contribution in [0.1, 0.15) is 38.2 Å². The van der Waals surface area contributed by atoms with Crippen molar-refractivity contribution in [3.8, 4) is 0 Å². The Bertz CT molecular complexity index is 796. The molecule has 5 heteroatoms. The molecule has 1 aromatic heterocycles. The SMILES string of the molecule is CCCC(=O)N1CCC(N[C@@H]2COC[C@H]2Cc2ccnc3ccccc23)CC1. The number of benzene rings is 1. The van der Waals surface area contributed by atoms with Crippen molar-refractivity contribution in [3.63, 3.8) is 0 Å². The Kier molecular flexibility index (Phi) is 6.23. The van der Waals surface area contributed by atoms with Crippen molar-refractivity contribution in [2.75, 3.05) is 26.3 Å². The number of nitrogens with zero attached hydrogens (tertiary/aromatic N) is 2. The third-order valence-electron chi connectivity index (χ3n) is 6.18. The summed E-state index contributed by atoms with van der Waals surface area (Å²) in [6.07, 6.45) is 6.61. The van der Waals surface area contributed by atoms with Crippen LogP contribution >= 0.6 is 0 Å². The van der Waals surface area contributed by atoms with Gasteiger partial charge >= 0.3 is 0 Å². The topological polar surface area (TPSA) is 54.5 Å². The molecule has 0 saturated carbocycles. The predicted octanol–water partition coefficient (Wildman–Crippen LogP) is 3.17. The molecular formula is C23H31N3O2. The van der Waals surface area contributed by atoms with Crippen LogP contribution in [0.25, 0.3) is 10.9 Å². The summed E-state index contributed by atoms with van der Waals surface area (Å²) < 4.78 is 5.84. The number of carbonyl (C=O) groups excluding carboxylic acids is 1. The van der Waals surface area contributed by atoms with Gasteiger partial charge < -0.3 is 15.0 Å². The van der Waals surface area contributed by atoms with E-state index >= 15 is 0 Å². The van der Waals surface area contributed by atoms with Crippen molar-refractivity contribution in [2.45, 2.75) is 51.1 Å². The van der Waals surface area contributed by atoms with Gasteiger partial charge in [0.2, 0.25) is 5.91 Å². The van der Waals surface area contributed by atoms with Crippen LogP contribution in [0, 0.1) is 5.92 Å². The smallest absolute Gasteiger partial charge is 0.222 e. The first kappa shape index (κ1) is 19.3. The number of pyridine rings is 1. The summed E-state index contributed by atoms with van der Waals surface area (Å²) >= 11 is 0. The summed E-state index contributed by atoms with van der Waals surface area (Å²) in [5.74, 6) is 0.790. The predicted molar refractivity (Wildman–Crippen MR) is 111 cm³/mol. The minimum Gasteiger partial charge on any atom is -0.379 e. The zero-order valence-corrected chi connectivity index (χ0v) is 16.8. The number of likely N-dealkylation sites (tertiary alicyclic amines) is 1. The largest absolute Gasteiger partial charge is 0.379 e. The molecule has 2 fully saturated rings. The molecule has 1 aromatic carbocycles. The first-order valence-electron chi connectivity index (χ1n) is 10.7. The van der Waals surface area contributed by atoms with E-state index in [0.29, 0.717) is 30.3 Å². The highest BCUT2D eigenvalue weighted by atomic mass is 16.5. The van der Waals surface area contributed by atoms with Crippen LogP contribution < -0.4 is 5.32 Å². The molecule has 2 atom stereocenters. The Morgan fingerprint density at radius 3 is 2.86 bits per heavy atom. The summed E-state index contributed by atoms with van der Waals surface area (Å²) in [4.78, 5) is 18.6. The van der Waals surface area contributed by atoms with Gasteiger partial charge in [-0.3, -0.25) is 9.78 Å². The lowest BCUT2D eigenvalue weighted by Gasteiger charge is -2.34. The number of hydrogen-bond acceptors (Lipinski definition) is 4. The molecule has 5 nitrogen and oxygen atoms in total. The van der Waals surface area contributed by atoms with Crippen molar-refractivity contribution in [1.29, 1.82) is 0 Å². The molecule has 3 heterocycles. The van der Waals surface area contributed by atoms with Gasteiger partial charge in [-0.1, -0.05) is 25.1 Å². The van der Waals surface area contributed by atoms with Gasteiger partial charge in [-0.2, -0.15) is 0 Å². The lowest BCUT2D eigenvalue weighted by Crippen LogP contribution is -2.49. The summed E-state index contributed by atoms with van der Waals surface area (Å²) in [6.45, 7) is 5.41. The molecule has 2 aliphatic heterocycles. The minimum atomic E-state index is 0.313. The molecule has 2 aliphatic rings. The van der Waals surface area contributed by atoms with Gasteiger partial charge in [-0.15, -0.1) is 0 Å². The second-order valence-electron chi connectivity index (χ2n) is 8.17. The number of carbonyl (C=O) groups is 1. The van der Waals surface area contributed by atoms with Gasteiger partial charge in [0, 0.05) is 49.1 Å². The molecule has 0 aliphatic carbocycles. The third-order valence-corrected chi connectivity index (χ3v) is 6.18. The molecule has 1 N–H and O–H groups in total. The van der Waals surface area contributed by atoms with E-state index in [2.05, 4.69) is 41.5 Å². The summed E-state index contributed by atoms with van der Waals surface area (Å²) in [5.41, 5.74) is 2.42. The van der Waals surface area contributed by atoms with Crippen molar-refractivity contribution in [2.24, 2.45) is 5.92 Å². The van der Waals surface area contributed by atoms with E-state index in [9.17, 15) is 4.79 Å². The maximum absolute atomic E-state index is 12.1. The van der Waals surface area contributed by atoms with E-state index in [4.69, 9.17) is 4.74 Å². The van der Waals surface area contributed by atoms with Crippen molar-refractivity contribution in [3.05, 3.63) is 42.1 Å². The van der Waals surface area contributed by atoms with Crippen LogP contribution in [0.5, 0.6) is 0 Å². The van der Waals surface area contributed by atoms with Gasteiger partial charge in [-0.05, 0) is 43.4 Å². The van der Waals surface area contributed by atoms with Crippen LogP contribution in [-0.2, 0) is 16.0 Å². The van der Waals surface area contributed by atoms with Gasteiger partial charge in [0.15, 0.2) is 0 Å². The minimum absolute atomic E-state index is 0.313. The number of nitrogens with one attached hydrogen (secondary N) is 1. The number of fused-ring (bicyclic) bond motifs is 1. The molecule has 0 radical (unpaired) electrons. The normalized spacial score (nSPS) is 23.4. The zero-order valence-electron chi connectivity index (χ0n) is 16.8. The first-order chi connectivity index (χ1) is 13.7. The summed E-state index contributed by atoms with van der Waals surface area (Å²) in [5, 5.41) is 5.10. The van der Waals surface area contributed by atoms with Gasteiger partial charge in [0.05, 0.1) is 18.7 Å². The maximum Gasteiger partial charge on any atom is 0.222 e. The van der Waals surface area contributed by atoms with E-state index in [0.717, 1.165) is 57.5 Å². The molecule has 28 heavy (non-hydrogen) atoms. The van der Waals surface area contributed by atoms with Crippen LogP contribution in [-0.4, -0.2) is 54.2 Å². The average Bonchev–Trinajstić information content (AvgIpc) is 3.15. The highest BCUT2D eigenvalue weighted by Gasteiger charge is 2.32. The zero-order chi connectivity index (χ0) is 19.3. The number of rotatable bonds is 6. The number of aromatic nitrogens is 1. The van der Waals surface area contributed by atoms with Crippen LogP contribution in [0.15, 0.2) is 36.5 Å². The lowest BCUT2D eigenvalue weighted by molar-refractivity contribution is -0.132. The third kappa shape index (κ3) is 4.36. The van der Waals surface area contributed by atoms with Crippen molar-refractivity contribution >= 4 is 16.8 Å². The Hall–Kier alpha value is -1.98. The number of para-hydroxylation sites is 1. The molecule has 4 rings (SSSR count). The summed E-state index contributed by atoms with van der Waals surface area (Å²) in [6, 6.07) is 11.4. The standard InChI is InChI=1S/C23H31N3O2/c1-2-5-23(27)26-12-9-19(10-13-26)25-22-16-28-15-18(22)14-17-8-11-24-21-7-4-3-6-20(17)21/h3-4,6-8,11,18-19,22,25H,2,5,9-10,12-16H2,1H3/t18-,22-/m1/s1. The van der Waals surface area contributed by atoms with Crippen molar-refractivity contribution in [1.82, 2.24) is 15.2 Å². The summed E-state index contributed by atoms with van der Waals surface area (Å²) in [7, 11) is 0. The molecule has 0 bridgehead atoms. The molecule has 2 saturated heterocycles. The molecule has 0 unspecified atom stereocenters. The molecule has 0 spiro atoms. The van der Waals surface area contributed by atoms with E-state index in [1.807, 2.05) is 17.2 Å². The Labute approximate surface area is 167 Å². The Balaban J connectivity index is 1.35. The molecular weight excluding hydrogens is 350 g/mol. The van der Waals surface area contributed by atoms with Gasteiger partial charge in [0.1, 0.15) is 0 Å². The number of ether oxygens (including phenoxy) is 1. The monoisotopic (exact) mass is 381 g/mol. The number of hydrogen-bond donors (Lipinski definition) is 1. The Morgan fingerprint density at radius 1 is 1.21 bits per heavy atom. The quantitative estimate of drug-likeness (QED) is 0.835. The lowest BCUT2D eigenvalue weighted by atomic mass is 9.92. The van der Waals surface area contributed by atoms with Crippen LogP contribution in [0.3, 0.4) is 0 Å². The maximum atomic E-state index is 12.1. The molecule has 1 amide bonds. The second kappa shape index (κ2) is 9.01. The number of amides is 1. The highest BCUT2D eigenvalue weighted by Crippen LogP contribution is 2.25. The van der Waals surface area contributed by atoms with Crippen LogP contribution in [0.4, 0.5) is 0 Å². The first-order valence-corrected chi connectivity index (χ1v) is 10.7. The van der Waals surface area contributed by atoms with E-state index < -0.39 is 0 Å². The molecule has 150 valence electrons. The highest BCUT2D eigenvalue weighted by molar-refractivity contribution is 5.81. The average molecular weight is 382 g/mol. The fourth-order valence-electron chi connectivity index (χ4n) is 4.57. The van der Waals surface area contributed by atoms with E-state index in [1.165, 1.54) is 10.9 Å². The van der Waals surface area contributed by atoms with E-state index in [1.54, 1.807) is 0 Å². The van der Waals surface area contributed by atoms with E-state index in [-0.39, 0.29) is 0 Å². The van der Waals surface area contributed by atoms with Gasteiger partial charge in [-0.25, -0.2) is 0 Å². The molecule has 2 aromatic rings. The second-order valence-corrected chi connectivity index (χ2v) is 8.17. The van der Waals surface area contributed by atoms with Crippen LogP contribution in [0.2, 0.25) is 0 Å². The fraction of sp³-hybridized carbons (Fsp3) is 0.565. The Morgan fingerprint density at radius 2 is 2.04 bits per heavy atom. The fourth-order valence-corrected chi connectivity index (χ4v) is 4.57. The van der Waals surface area contributed by atoms with Crippen molar-refractivity contribution < 1.29 is 9.53 Å².